The lowest BCUT2D eigenvalue weighted by molar-refractivity contribution is 0.0338. The van der Waals surface area contributed by atoms with Crippen molar-refractivity contribution in [1.82, 2.24) is 4.90 Å². The second kappa shape index (κ2) is 6.15. The molecule has 0 N–H and O–H groups in total. The van der Waals surface area contributed by atoms with E-state index in [-0.39, 0.29) is 5.41 Å². The summed E-state index contributed by atoms with van der Waals surface area (Å²) in [6.07, 6.45) is 0. The second-order valence-corrected chi connectivity index (χ2v) is 6.62. The highest BCUT2D eigenvalue weighted by molar-refractivity contribution is 5.46. The van der Waals surface area contributed by atoms with Gasteiger partial charge in [0.05, 0.1) is 20.3 Å². The van der Waals surface area contributed by atoms with Crippen molar-refractivity contribution in [2.45, 2.75) is 39.7 Å². The normalized spacial score (nSPS) is 17.2. The molecule has 1 aromatic rings. The van der Waals surface area contributed by atoms with E-state index < -0.39 is 0 Å². The smallest absolute Gasteiger partial charge is 0.126 e. The molecular weight excluding hydrogens is 250 g/mol. The Balaban J connectivity index is 2.30. The van der Waals surface area contributed by atoms with Gasteiger partial charge in [-0.25, -0.2) is 0 Å². The van der Waals surface area contributed by atoms with Crippen LogP contribution >= 0.6 is 0 Å². The standard InChI is InChI=1S/C17H27NO2/c1-13-10-15(17(2,3)4)11-14(16(13)19-5)12-18-6-8-20-9-7-18/h10-11H,6-9,12H2,1-5H3. The summed E-state index contributed by atoms with van der Waals surface area (Å²) in [5, 5.41) is 0. The van der Waals surface area contributed by atoms with Crippen molar-refractivity contribution in [2.75, 3.05) is 33.4 Å². The zero-order valence-corrected chi connectivity index (χ0v) is 13.5. The lowest BCUT2D eigenvalue weighted by Gasteiger charge is -2.29. The molecule has 0 saturated carbocycles. The third-order valence-corrected chi connectivity index (χ3v) is 3.92. The summed E-state index contributed by atoms with van der Waals surface area (Å²) in [5.74, 6) is 1.03. The molecule has 0 spiro atoms. The largest absolute Gasteiger partial charge is 0.496 e. The van der Waals surface area contributed by atoms with Crippen LogP contribution in [0.15, 0.2) is 12.1 Å². The van der Waals surface area contributed by atoms with Crippen LogP contribution in [-0.2, 0) is 16.7 Å². The van der Waals surface area contributed by atoms with E-state index in [1.165, 1.54) is 16.7 Å². The molecule has 0 amide bonds. The summed E-state index contributed by atoms with van der Waals surface area (Å²) in [5.41, 5.74) is 4.05. The number of nitrogens with zero attached hydrogens (tertiary/aromatic N) is 1. The Morgan fingerprint density at radius 2 is 1.85 bits per heavy atom. The highest BCUT2D eigenvalue weighted by atomic mass is 16.5. The minimum atomic E-state index is 0.163. The third-order valence-electron chi connectivity index (χ3n) is 3.92. The molecule has 2 rings (SSSR count). The van der Waals surface area contributed by atoms with Crippen LogP contribution in [0.1, 0.15) is 37.5 Å². The van der Waals surface area contributed by atoms with Crippen molar-refractivity contribution in [3.8, 4) is 5.75 Å². The summed E-state index contributed by atoms with van der Waals surface area (Å²) >= 11 is 0. The first-order valence-electron chi connectivity index (χ1n) is 7.40. The number of ether oxygens (including phenoxy) is 2. The number of aryl methyl sites for hydroxylation is 1. The number of hydrogen-bond acceptors (Lipinski definition) is 3. The fourth-order valence-corrected chi connectivity index (χ4v) is 2.69. The van der Waals surface area contributed by atoms with E-state index in [0.29, 0.717) is 0 Å². The van der Waals surface area contributed by atoms with Crippen molar-refractivity contribution in [3.63, 3.8) is 0 Å². The highest BCUT2D eigenvalue weighted by Gasteiger charge is 2.20. The van der Waals surface area contributed by atoms with Crippen LogP contribution in [0.3, 0.4) is 0 Å². The highest BCUT2D eigenvalue weighted by Crippen LogP contribution is 2.32. The van der Waals surface area contributed by atoms with Gasteiger partial charge in [0.1, 0.15) is 5.75 Å². The van der Waals surface area contributed by atoms with Gasteiger partial charge < -0.3 is 9.47 Å². The molecule has 20 heavy (non-hydrogen) atoms. The van der Waals surface area contributed by atoms with Gasteiger partial charge in [0.25, 0.3) is 0 Å². The number of hydrogen-bond donors (Lipinski definition) is 0. The molecule has 1 heterocycles. The Hall–Kier alpha value is -1.06. The quantitative estimate of drug-likeness (QED) is 0.847. The average molecular weight is 277 g/mol. The first-order valence-corrected chi connectivity index (χ1v) is 7.40. The van der Waals surface area contributed by atoms with Crippen LogP contribution in [0.5, 0.6) is 5.75 Å². The van der Waals surface area contributed by atoms with Gasteiger partial charge in [-0.05, 0) is 23.5 Å². The molecule has 3 nitrogen and oxygen atoms in total. The Bertz CT molecular complexity index is 457. The number of benzene rings is 1. The molecule has 112 valence electrons. The molecule has 3 heteroatoms. The van der Waals surface area contributed by atoms with E-state index in [9.17, 15) is 0 Å². The number of rotatable bonds is 3. The zero-order valence-electron chi connectivity index (χ0n) is 13.5. The first-order chi connectivity index (χ1) is 9.41. The SMILES string of the molecule is COc1c(C)cc(C(C)(C)C)cc1CN1CCOCC1. The Labute approximate surface area is 122 Å². The van der Waals surface area contributed by atoms with Gasteiger partial charge in [-0.2, -0.15) is 0 Å². The van der Waals surface area contributed by atoms with E-state index in [0.717, 1.165) is 38.6 Å². The maximum atomic E-state index is 5.63. The van der Waals surface area contributed by atoms with E-state index in [2.05, 4.69) is 44.7 Å². The van der Waals surface area contributed by atoms with E-state index in [1.807, 2.05) is 0 Å². The molecule has 1 aromatic carbocycles. The van der Waals surface area contributed by atoms with Gasteiger partial charge in [-0.15, -0.1) is 0 Å². The predicted octanol–water partition coefficient (Wildman–Crippen LogP) is 3.13. The fourth-order valence-electron chi connectivity index (χ4n) is 2.69. The minimum Gasteiger partial charge on any atom is -0.496 e. The van der Waals surface area contributed by atoms with Crippen molar-refractivity contribution in [1.29, 1.82) is 0 Å². The van der Waals surface area contributed by atoms with Crippen molar-refractivity contribution in [3.05, 3.63) is 28.8 Å². The van der Waals surface area contributed by atoms with Crippen LogP contribution in [0, 0.1) is 6.92 Å². The van der Waals surface area contributed by atoms with Crippen molar-refractivity contribution < 1.29 is 9.47 Å². The van der Waals surface area contributed by atoms with E-state index >= 15 is 0 Å². The third kappa shape index (κ3) is 3.53. The number of methoxy groups -OCH3 is 1. The average Bonchev–Trinajstić information content (AvgIpc) is 2.38. The maximum absolute atomic E-state index is 5.63. The zero-order chi connectivity index (χ0) is 14.8. The first kappa shape index (κ1) is 15.3. The molecule has 0 radical (unpaired) electrons. The maximum Gasteiger partial charge on any atom is 0.126 e. The lowest BCUT2D eigenvalue weighted by atomic mass is 9.84. The fraction of sp³-hybridized carbons (Fsp3) is 0.647. The van der Waals surface area contributed by atoms with Crippen LogP contribution in [0.2, 0.25) is 0 Å². The molecule has 0 bridgehead atoms. The van der Waals surface area contributed by atoms with Crippen LogP contribution in [0.4, 0.5) is 0 Å². The summed E-state index contributed by atoms with van der Waals surface area (Å²) in [4.78, 5) is 2.44. The summed E-state index contributed by atoms with van der Waals surface area (Å²) in [6, 6.07) is 4.56. The molecule has 0 aromatic heterocycles. The summed E-state index contributed by atoms with van der Waals surface area (Å²) in [6.45, 7) is 13.5. The minimum absolute atomic E-state index is 0.163. The molecule has 0 atom stereocenters. The second-order valence-electron chi connectivity index (χ2n) is 6.62. The van der Waals surface area contributed by atoms with E-state index in [1.54, 1.807) is 7.11 Å². The van der Waals surface area contributed by atoms with Gasteiger partial charge in [0, 0.05) is 25.2 Å². The molecule has 0 unspecified atom stereocenters. The van der Waals surface area contributed by atoms with Crippen molar-refractivity contribution >= 4 is 0 Å². The van der Waals surface area contributed by atoms with Crippen molar-refractivity contribution in [2.24, 2.45) is 0 Å². The van der Waals surface area contributed by atoms with Crippen LogP contribution in [0.25, 0.3) is 0 Å². The predicted molar refractivity (Wildman–Crippen MR) is 82.5 cm³/mol. The summed E-state index contributed by atoms with van der Waals surface area (Å²) in [7, 11) is 1.77. The Morgan fingerprint density at radius 1 is 1.20 bits per heavy atom. The lowest BCUT2D eigenvalue weighted by Crippen LogP contribution is -2.35. The molecular formula is C17H27NO2. The van der Waals surface area contributed by atoms with Gasteiger partial charge in [-0.3, -0.25) is 4.90 Å². The summed E-state index contributed by atoms with van der Waals surface area (Å²) < 4.78 is 11.1. The van der Waals surface area contributed by atoms with Crippen LogP contribution in [-0.4, -0.2) is 38.3 Å². The molecule has 1 fully saturated rings. The molecule has 1 saturated heterocycles. The van der Waals surface area contributed by atoms with Crippen LogP contribution < -0.4 is 4.74 Å². The Kier molecular flexibility index (Phi) is 4.71. The topological polar surface area (TPSA) is 21.7 Å². The van der Waals surface area contributed by atoms with Gasteiger partial charge in [-0.1, -0.05) is 32.9 Å². The molecule has 1 aliphatic rings. The monoisotopic (exact) mass is 277 g/mol. The van der Waals surface area contributed by atoms with E-state index in [4.69, 9.17) is 9.47 Å². The number of morpholine rings is 1. The van der Waals surface area contributed by atoms with Gasteiger partial charge in [0.15, 0.2) is 0 Å². The molecule has 0 aliphatic carbocycles. The van der Waals surface area contributed by atoms with Gasteiger partial charge >= 0.3 is 0 Å². The molecule has 1 aliphatic heterocycles. The van der Waals surface area contributed by atoms with Gasteiger partial charge in [0.2, 0.25) is 0 Å². The Morgan fingerprint density at radius 3 is 2.40 bits per heavy atom.